The quantitative estimate of drug-likeness (QED) is 0.279. The minimum Gasteiger partial charge on any atom is -0.478 e. The van der Waals surface area contributed by atoms with Crippen LogP contribution >= 0.6 is 37.2 Å². The maximum Gasteiger partial charge on any atom is 0.336 e. The summed E-state index contributed by atoms with van der Waals surface area (Å²) in [6, 6.07) is 19.2. The zero-order valence-corrected chi connectivity index (χ0v) is 24.5. The maximum absolute atomic E-state index is 13.3. The van der Waals surface area contributed by atoms with Crippen molar-refractivity contribution in [3.8, 4) is 0 Å². The number of aryl methyl sites for hydroxylation is 1. The van der Waals surface area contributed by atoms with Gasteiger partial charge >= 0.3 is 5.97 Å². The zero-order valence-electron chi connectivity index (χ0n) is 21.3. The molecule has 0 radical (unpaired) electrons. The van der Waals surface area contributed by atoms with Crippen molar-refractivity contribution in [1.82, 2.24) is 4.98 Å². The Morgan fingerprint density at radius 2 is 1.52 bits per heavy atom. The Hall–Kier alpha value is -3.31. The Morgan fingerprint density at radius 3 is 2.15 bits per heavy atom. The number of rotatable bonds is 6. The fraction of sp³-hybridized carbons (Fsp3) is 0.185. The van der Waals surface area contributed by atoms with Crippen molar-refractivity contribution >= 4 is 81.3 Å². The van der Waals surface area contributed by atoms with E-state index in [2.05, 4.69) is 14.6 Å². The lowest BCUT2D eigenvalue weighted by Gasteiger charge is -2.37. The van der Waals surface area contributed by atoms with E-state index in [9.17, 15) is 22.7 Å². The van der Waals surface area contributed by atoms with Gasteiger partial charge in [-0.15, -0.1) is 37.2 Å². The molecular formula is C27H28Cl3FN4O4S. The SMILES string of the molecule is Cc1ccccc1S(=O)(=O)Nc1ccc2nc(N3CCN(c4ccc(F)cc4)CC3)cc(C(=O)O)c2c1.Cl.Cl.Cl. The number of piperazine rings is 1. The summed E-state index contributed by atoms with van der Waals surface area (Å²) in [7, 11) is -3.85. The van der Waals surface area contributed by atoms with Gasteiger partial charge in [-0.25, -0.2) is 22.6 Å². The van der Waals surface area contributed by atoms with E-state index < -0.39 is 16.0 Å². The number of hydrogen-bond acceptors (Lipinski definition) is 6. The number of benzene rings is 3. The molecule has 5 rings (SSSR count). The molecule has 0 spiro atoms. The number of carboxylic acids is 1. The molecule has 40 heavy (non-hydrogen) atoms. The third-order valence-corrected chi connectivity index (χ3v) is 8.00. The molecule has 13 heteroatoms. The number of anilines is 3. The van der Waals surface area contributed by atoms with Crippen LogP contribution in [0, 0.1) is 12.7 Å². The van der Waals surface area contributed by atoms with Crippen LogP contribution in [0.4, 0.5) is 21.6 Å². The average Bonchev–Trinajstić information content (AvgIpc) is 2.88. The molecule has 2 heterocycles. The van der Waals surface area contributed by atoms with Crippen molar-refractivity contribution in [3.63, 3.8) is 0 Å². The van der Waals surface area contributed by atoms with Gasteiger partial charge in [0, 0.05) is 42.9 Å². The highest BCUT2D eigenvalue weighted by atomic mass is 35.5. The molecule has 0 unspecified atom stereocenters. The average molecular weight is 630 g/mol. The van der Waals surface area contributed by atoms with E-state index in [0.29, 0.717) is 48.5 Å². The topological polar surface area (TPSA) is 103 Å². The molecule has 1 aliphatic heterocycles. The smallest absolute Gasteiger partial charge is 0.336 e. The molecule has 1 aromatic heterocycles. The van der Waals surface area contributed by atoms with Gasteiger partial charge in [-0.3, -0.25) is 4.72 Å². The van der Waals surface area contributed by atoms with Gasteiger partial charge in [0.2, 0.25) is 0 Å². The summed E-state index contributed by atoms with van der Waals surface area (Å²) in [4.78, 5) is 21.1. The van der Waals surface area contributed by atoms with Crippen LogP contribution in [0.15, 0.2) is 77.7 Å². The number of nitrogens with one attached hydrogen (secondary N) is 1. The van der Waals surface area contributed by atoms with Crippen molar-refractivity contribution in [1.29, 1.82) is 0 Å². The number of nitrogens with zero attached hydrogens (tertiary/aromatic N) is 3. The van der Waals surface area contributed by atoms with Gasteiger partial charge in [0.25, 0.3) is 10.0 Å². The van der Waals surface area contributed by atoms with Gasteiger partial charge in [0.1, 0.15) is 11.6 Å². The predicted octanol–water partition coefficient (Wildman–Crippen LogP) is 5.77. The fourth-order valence-electron chi connectivity index (χ4n) is 4.53. The van der Waals surface area contributed by atoms with Crippen LogP contribution in [0.1, 0.15) is 15.9 Å². The first-order valence-electron chi connectivity index (χ1n) is 11.7. The van der Waals surface area contributed by atoms with Gasteiger partial charge in [0.05, 0.1) is 16.0 Å². The second-order valence-corrected chi connectivity index (χ2v) is 10.5. The third-order valence-electron chi connectivity index (χ3n) is 6.46. The van der Waals surface area contributed by atoms with E-state index in [1.54, 1.807) is 49.4 Å². The monoisotopic (exact) mass is 628 g/mol. The van der Waals surface area contributed by atoms with Crippen LogP contribution in [0.3, 0.4) is 0 Å². The highest BCUT2D eigenvalue weighted by Gasteiger charge is 2.22. The number of carbonyl (C=O) groups is 1. The van der Waals surface area contributed by atoms with Gasteiger partial charge < -0.3 is 14.9 Å². The molecule has 4 aromatic rings. The highest BCUT2D eigenvalue weighted by molar-refractivity contribution is 7.92. The van der Waals surface area contributed by atoms with E-state index in [-0.39, 0.29) is 59.2 Å². The predicted molar refractivity (Wildman–Crippen MR) is 163 cm³/mol. The zero-order chi connectivity index (χ0) is 26.2. The molecule has 1 saturated heterocycles. The minimum atomic E-state index is -3.85. The first-order chi connectivity index (χ1) is 17.7. The second kappa shape index (κ2) is 13.4. The molecule has 214 valence electrons. The summed E-state index contributed by atoms with van der Waals surface area (Å²) in [5, 5.41) is 10.3. The summed E-state index contributed by atoms with van der Waals surface area (Å²) in [5.41, 5.74) is 2.28. The lowest BCUT2D eigenvalue weighted by atomic mass is 10.1. The number of fused-ring (bicyclic) bond motifs is 1. The first kappa shape index (κ1) is 32.9. The van der Waals surface area contributed by atoms with Crippen molar-refractivity contribution in [2.75, 3.05) is 40.7 Å². The van der Waals surface area contributed by atoms with Crippen LogP contribution in [0.2, 0.25) is 0 Å². The number of pyridine rings is 1. The molecule has 8 nitrogen and oxygen atoms in total. The van der Waals surface area contributed by atoms with Crippen LogP contribution in [-0.4, -0.2) is 50.7 Å². The van der Waals surface area contributed by atoms with Gasteiger partial charge in [-0.1, -0.05) is 18.2 Å². The van der Waals surface area contributed by atoms with Gasteiger partial charge in [-0.05, 0) is 67.1 Å². The molecule has 1 aliphatic rings. The molecule has 0 amide bonds. The number of hydrogen-bond donors (Lipinski definition) is 2. The fourth-order valence-corrected chi connectivity index (χ4v) is 5.82. The lowest BCUT2D eigenvalue weighted by Crippen LogP contribution is -2.46. The number of carboxylic acid groups (broad SMARTS) is 1. The van der Waals surface area contributed by atoms with E-state index in [1.807, 2.05) is 4.90 Å². The third kappa shape index (κ3) is 6.87. The second-order valence-electron chi connectivity index (χ2n) is 8.89. The normalized spacial score (nSPS) is 13.1. The van der Waals surface area contributed by atoms with Crippen molar-refractivity contribution in [2.24, 2.45) is 0 Å². The summed E-state index contributed by atoms with van der Waals surface area (Å²) < 4.78 is 41.6. The van der Waals surface area contributed by atoms with Crippen molar-refractivity contribution in [3.05, 3.63) is 89.7 Å². The summed E-state index contributed by atoms with van der Waals surface area (Å²) in [5.74, 6) is -0.871. The molecule has 0 saturated carbocycles. The van der Waals surface area contributed by atoms with Crippen LogP contribution in [-0.2, 0) is 10.0 Å². The standard InChI is InChI=1S/C27H25FN4O4S.3ClH/c1-18-4-2-3-5-25(18)37(35,36)30-20-8-11-24-22(16-20)23(27(33)34)17-26(29-24)32-14-12-31(13-15-32)21-9-6-19(28)7-10-21;;;/h2-11,16-17,30H,12-15H2,1H3,(H,33,34);3*1H. The molecule has 2 N–H and O–H groups in total. The Morgan fingerprint density at radius 1 is 0.900 bits per heavy atom. The summed E-state index contributed by atoms with van der Waals surface area (Å²) >= 11 is 0. The van der Waals surface area contributed by atoms with Crippen molar-refractivity contribution < 1.29 is 22.7 Å². The molecule has 1 fully saturated rings. The molecule has 3 aromatic carbocycles. The van der Waals surface area contributed by atoms with Crippen LogP contribution < -0.4 is 14.5 Å². The maximum atomic E-state index is 13.3. The molecule has 0 bridgehead atoms. The number of aromatic nitrogens is 1. The van der Waals surface area contributed by atoms with Crippen LogP contribution in [0.25, 0.3) is 10.9 Å². The Balaban J connectivity index is 0.00000187. The number of halogens is 4. The largest absolute Gasteiger partial charge is 0.478 e. The minimum absolute atomic E-state index is 0. The van der Waals surface area contributed by atoms with E-state index in [1.165, 1.54) is 30.3 Å². The van der Waals surface area contributed by atoms with E-state index in [4.69, 9.17) is 0 Å². The Kier molecular flexibility index (Phi) is 11.0. The van der Waals surface area contributed by atoms with Crippen LogP contribution in [0.5, 0.6) is 0 Å². The van der Waals surface area contributed by atoms with Gasteiger partial charge in [0.15, 0.2) is 0 Å². The number of sulfonamides is 1. The molecular weight excluding hydrogens is 602 g/mol. The summed E-state index contributed by atoms with van der Waals surface area (Å²) in [6.07, 6.45) is 0. The van der Waals surface area contributed by atoms with E-state index in [0.717, 1.165) is 5.69 Å². The summed E-state index contributed by atoms with van der Waals surface area (Å²) in [6.45, 7) is 4.29. The van der Waals surface area contributed by atoms with E-state index >= 15 is 0 Å². The molecule has 0 aliphatic carbocycles. The van der Waals surface area contributed by atoms with Crippen molar-refractivity contribution in [2.45, 2.75) is 11.8 Å². The first-order valence-corrected chi connectivity index (χ1v) is 13.2. The highest BCUT2D eigenvalue weighted by Crippen LogP contribution is 2.29. The lowest BCUT2D eigenvalue weighted by molar-refractivity contribution is 0.0699. The Labute approximate surface area is 250 Å². The van der Waals surface area contributed by atoms with Gasteiger partial charge in [-0.2, -0.15) is 0 Å². The Bertz CT molecular complexity index is 1600. The number of aromatic carboxylic acids is 1. The molecule has 0 atom stereocenters.